The van der Waals surface area contributed by atoms with Crippen LogP contribution in [0.4, 0.5) is 4.39 Å². The lowest BCUT2D eigenvalue weighted by Crippen LogP contribution is -2.07. The molecule has 5 nitrogen and oxygen atoms in total. The van der Waals surface area contributed by atoms with Gasteiger partial charge in [-0.2, -0.15) is 0 Å². The number of esters is 1. The molecule has 0 aliphatic rings. The van der Waals surface area contributed by atoms with Gasteiger partial charge in [0.15, 0.2) is 11.5 Å². The Morgan fingerprint density at radius 3 is 3.06 bits per heavy atom. The van der Waals surface area contributed by atoms with Crippen LogP contribution in [0, 0.1) is 0 Å². The second kappa shape index (κ2) is 4.26. The lowest BCUT2D eigenvalue weighted by Gasteiger charge is -2.02. The van der Waals surface area contributed by atoms with Gasteiger partial charge in [-0.25, -0.2) is 9.18 Å². The van der Waals surface area contributed by atoms with Gasteiger partial charge in [-0.05, 0) is 19.1 Å². The minimum absolute atomic E-state index is 0.168. The minimum Gasteiger partial charge on any atom is -0.462 e. The fourth-order valence-corrected chi connectivity index (χ4v) is 1.42. The number of fused-ring (bicyclic) bond motifs is 1. The Bertz CT molecular complexity index is 524. The average Bonchev–Trinajstić information content (AvgIpc) is 2.71. The van der Waals surface area contributed by atoms with Crippen molar-refractivity contribution in [2.24, 2.45) is 0 Å². The van der Waals surface area contributed by atoms with E-state index in [0.29, 0.717) is 5.65 Å². The van der Waals surface area contributed by atoms with E-state index in [1.165, 1.54) is 4.40 Å². The number of pyridine rings is 1. The molecule has 2 heterocycles. The van der Waals surface area contributed by atoms with Crippen LogP contribution in [0.2, 0.25) is 0 Å². The minimum atomic E-state index is -0.729. The van der Waals surface area contributed by atoms with Crippen molar-refractivity contribution in [3.05, 3.63) is 29.7 Å². The Balaban J connectivity index is 2.54. The zero-order valence-corrected chi connectivity index (χ0v) is 8.68. The second-order valence-corrected chi connectivity index (χ2v) is 3.09. The van der Waals surface area contributed by atoms with E-state index in [-0.39, 0.29) is 18.0 Å². The molecule has 2 aromatic heterocycles. The smallest absolute Gasteiger partial charge is 0.341 e. The highest BCUT2D eigenvalue weighted by atomic mass is 19.1. The van der Waals surface area contributed by atoms with Crippen molar-refractivity contribution in [2.75, 3.05) is 6.61 Å². The number of alkyl halides is 1. The number of halogens is 1. The first-order chi connectivity index (χ1) is 7.77. The molecule has 0 amide bonds. The number of rotatable bonds is 3. The van der Waals surface area contributed by atoms with E-state index >= 15 is 0 Å². The molecule has 6 heteroatoms. The zero-order valence-electron chi connectivity index (χ0n) is 8.68. The quantitative estimate of drug-likeness (QED) is 0.737. The van der Waals surface area contributed by atoms with Gasteiger partial charge in [0.1, 0.15) is 12.2 Å². The predicted molar refractivity (Wildman–Crippen MR) is 53.8 cm³/mol. The van der Waals surface area contributed by atoms with Gasteiger partial charge in [0.2, 0.25) is 0 Å². The van der Waals surface area contributed by atoms with Gasteiger partial charge in [0, 0.05) is 6.20 Å². The van der Waals surface area contributed by atoms with Gasteiger partial charge >= 0.3 is 5.97 Å². The van der Waals surface area contributed by atoms with Gasteiger partial charge < -0.3 is 4.74 Å². The standard InChI is InChI=1S/C10H10FN3O2/c1-2-16-10(15)7-4-3-5-14-8(6-11)12-13-9(7)14/h3-5H,2,6H2,1H3. The first-order valence-electron chi connectivity index (χ1n) is 4.83. The Hall–Kier alpha value is -1.98. The molecule has 0 radical (unpaired) electrons. The van der Waals surface area contributed by atoms with Crippen molar-refractivity contribution in [1.82, 2.24) is 14.6 Å². The van der Waals surface area contributed by atoms with Gasteiger partial charge in [-0.1, -0.05) is 0 Å². The van der Waals surface area contributed by atoms with Crippen LogP contribution in [0.1, 0.15) is 23.1 Å². The van der Waals surface area contributed by atoms with Crippen LogP contribution in [-0.4, -0.2) is 27.2 Å². The summed E-state index contributed by atoms with van der Waals surface area (Å²) in [5, 5.41) is 7.41. The van der Waals surface area contributed by atoms with E-state index in [4.69, 9.17) is 4.74 Å². The number of aromatic nitrogens is 3. The third-order valence-corrected chi connectivity index (χ3v) is 2.12. The number of hydrogen-bond acceptors (Lipinski definition) is 4. The second-order valence-electron chi connectivity index (χ2n) is 3.09. The molecule has 0 N–H and O–H groups in total. The van der Waals surface area contributed by atoms with E-state index < -0.39 is 12.6 Å². The summed E-state index contributed by atoms with van der Waals surface area (Å²) in [5.41, 5.74) is 0.602. The van der Waals surface area contributed by atoms with E-state index in [0.717, 1.165) is 0 Å². The summed E-state index contributed by atoms with van der Waals surface area (Å²) in [6.07, 6.45) is 1.60. The normalized spacial score (nSPS) is 10.6. The maximum absolute atomic E-state index is 12.5. The van der Waals surface area contributed by atoms with E-state index in [1.807, 2.05) is 0 Å². The van der Waals surface area contributed by atoms with Crippen LogP contribution in [0.3, 0.4) is 0 Å². The Morgan fingerprint density at radius 2 is 2.38 bits per heavy atom. The molecule has 0 unspecified atom stereocenters. The third kappa shape index (κ3) is 1.62. The zero-order chi connectivity index (χ0) is 11.5. The Labute approximate surface area is 90.9 Å². The molecule has 0 fully saturated rings. The summed E-state index contributed by atoms with van der Waals surface area (Å²) in [6, 6.07) is 3.20. The molecule has 0 saturated heterocycles. The molecule has 2 aromatic rings. The number of ether oxygens (including phenoxy) is 1. The van der Waals surface area contributed by atoms with Crippen molar-refractivity contribution >= 4 is 11.6 Å². The van der Waals surface area contributed by atoms with Crippen molar-refractivity contribution in [3.8, 4) is 0 Å². The first-order valence-corrected chi connectivity index (χ1v) is 4.83. The molecule has 84 valence electrons. The van der Waals surface area contributed by atoms with Crippen LogP contribution in [0.25, 0.3) is 5.65 Å². The van der Waals surface area contributed by atoms with Crippen molar-refractivity contribution in [1.29, 1.82) is 0 Å². The lowest BCUT2D eigenvalue weighted by molar-refractivity contribution is 0.0528. The highest BCUT2D eigenvalue weighted by molar-refractivity contribution is 5.95. The summed E-state index contributed by atoms with van der Waals surface area (Å²) >= 11 is 0. The van der Waals surface area contributed by atoms with Gasteiger partial charge in [-0.15, -0.1) is 10.2 Å². The molecule has 0 bridgehead atoms. The van der Waals surface area contributed by atoms with Crippen molar-refractivity contribution < 1.29 is 13.9 Å². The Morgan fingerprint density at radius 1 is 1.56 bits per heavy atom. The summed E-state index contributed by atoms with van der Waals surface area (Å²) in [5.74, 6) is -0.313. The number of hydrogen-bond donors (Lipinski definition) is 0. The highest BCUT2D eigenvalue weighted by Gasteiger charge is 2.15. The van der Waals surface area contributed by atoms with E-state index in [2.05, 4.69) is 10.2 Å². The number of carbonyl (C=O) groups is 1. The summed E-state index contributed by atoms with van der Waals surface area (Å²) in [7, 11) is 0. The molecule has 0 aliphatic carbocycles. The highest BCUT2D eigenvalue weighted by Crippen LogP contribution is 2.12. The maximum atomic E-state index is 12.5. The Kier molecular flexibility index (Phi) is 2.80. The van der Waals surface area contributed by atoms with Crippen molar-refractivity contribution in [2.45, 2.75) is 13.6 Å². The largest absolute Gasteiger partial charge is 0.462 e. The monoisotopic (exact) mass is 223 g/mol. The predicted octanol–water partition coefficient (Wildman–Crippen LogP) is 1.38. The van der Waals surface area contributed by atoms with Crippen molar-refractivity contribution in [3.63, 3.8) is 0 Å². The molecule has 0 aliphatic heterocycles. The van der Waals surface area contributed by atoms with Gasteiger partial charge in [-0.3, -0.25) is 4.40 Å². The van der Waals surface area contributed by atoms with E-state index in [1.54, 1.807) is 25.3 Å². The molecular weight excluding hydrogens is 213 g/mol. The average molecular weight is 223 g/mol. The van der Waals surface area contributed by atoms with E-state index in [9.17, 15) is 9.18 Å². The molecular formula is C10H10FN3O2. The number of carbonyl (C=O) groups excluding carboxylic acids is 1. The van der Waals surface area contributed by atoms with Gasteiger partial charge in [0.05, 0.1) is 6.61 Å². The number of nitrogens with zero attached hydrogens (tertiary/aromatic N) is 3. The third-order valence-electron chi connectivity index (χ3n) is 2.12. The summed E-state index contributed by atoms with van der Waals surface area (Å²) < 4.78 is 18.8. The molecule has 0 saturated carbocycles. The first kappa shape index (κ1) is 10.5. The SMILES string of the molecule is CCOC(=O)c1cccn2c(CF)nnc12. The molecule has 2 rings (SSSR count). The molecule has 0 aromatic carbocycles. The summed E-state index contributed by atoms with van der Waals surface area (Å²) in [4.78, 5) is 11.6. The van der Waals surface area contributed by atoms with Gasteiger partial charge in [0.25, 0.3) is 0 Å². The molecule has 0 atom stereocenters. The van der Waals surface area contributed by atoms with Crippen LogP contribution < -0.4 is 0 Å². The summed E-state index contributed by atoms with van der Waals surface area (Å²) in [6.45, 7) is 1.27. The fraction of sp³-hybridized carbons (Fsp3) is 0.300. The topological polar surface area (TPSA) is 56.5 Å². The van der Waals surface area contributed by atoms with Crippen LogP contribution in [0.5, 0.6) is 0 Å². The molecule has 16 heavy (non-hydrogen) atoms. The fourth-order valence-electron chi connectivity index (χ4n) is 1.42. The van der Waals surface area contributed by atoms with Crippen LogP contribution >= 0.6 is 0 Å². The van der Waals surface area contributed by atoms with Crippen LogP contribution in [-0.2, 0) is 11.4 Å². The maximum Gasteiger partial charge on any atom is 0.341 e. The van der Waals surface area contributed by atoms with Crippen LogP contribution in [0.15, 0.2) is 18.3 Å². The molecule has 0 spiro atoms. The lowest BCUT2D eigenvalue weighted by atomic mass is 10.2.